The predicted octanol–water partition coefficient (Wildman–Crippen LogP) is 1.01. The summed E-state index contributed by atoms with van der Waals surface area (Å²) >= 11 is 1.56. The van der Waals surface area contributed by atoms with Crippen molar-refractivity contribution in [2.24, 2.45) is 0 Å². The number of thiophene rings is 1. The van der Waals surface area contributed by atoms with Gasteiger partial charge in [0.15, 0.2) is 0 Å². The Morgan fingerprint density at radius 1 is 1.71 bits per heavy atom. The van der Waals surface area contributed by atoms with Gasteiger partial charge in [-0.3, -0.25) is 10.1 Å². The van der Waals surface area contributed by atoms with Crippen LogP contribution < -0.4 is 5.32 Å². The van der Waals surface area contributed by atoms with E-state index in [2.05, 4.69) is 11.2 Å². The van der Waals surface area contributed by atoms with Crippen molar-refractivity contribution < 1.29 is 9.53 Å². The molecule has 74 valence electrons. The summed E-state index contributed by atoms with van der Waals surface area (Å²) in [5.74, 6) is 2.09. The summed E-state index contributed by atoms with van der Waals surface area (Å²) in [5, 5.41) is 4.70. The van der Waals surface area contributed by atoms with Crippen molar-refractivity contribution in [2.75, 3.05) is 13.1 Å². The highest BCUT2D eigenvalue weighted by Crippen LogP contribution is 2.09. The van der Waals surface area contributed by atoms with E-state index in [9.17, 15) is 4.79 Å². The molecule has 1 N–H and O–H groups in total. The second-order valence-corrected chi connectivity index (χ2v) is 3.58. The third-order valence-corrected chi connectivity index (χ3v) is 2.30. The Morgan fingerprint density at radius 2 is 2.57 bits per heavy atom. The summed E-state index contributed by atoms with van der Waals surface area (Å²) in [6, 6.07) is 3.84. The van der Waals surface area contributed by atoms with Gasteiger partial charge in [-0.05, 0) is 11.4 Å². The summed E-state index contributed by atoms with van der Waals surface area (Å²) in [4.78, 5) is 12.1. The maximum Gasteiger partial charge on any atom is 0.320 e. The number of esters is 1. The summed E-state index contributed by atoms with van der Waals surface area (Å²) in [5.41, 5.74) is 0. The molecule has 1 aromatic rings. The van der Waals surface area contributed by atoms with Gasteiger partial charge in [0, 0.05) is 4.88 Å². The van der Waals surface area contributed by atoms with Gasteiger partial charge in [-0.2, -0.15) is 0 Å². The second kappa shape index (κ2) is 6.19. The summed E-state index contributed by atoms with van der Waals surface area (Å²) < 4.78 is 4.97. The molecule has 1 heterocycles. The Balaban J connectivity index is 2.13. The Hall–Kier alpha value is -1.31. The van der Waals surface area contributed by atoms with Gasteiger partial charge in [0.25, 0.3) is 0 Å². The van der Waals surface area contributed by atoms with Crippen LogP contribution in [-0.2, 0) is 16.1 Å². The average Bonchev–Trinajstić information content (AvgIpc) is 2.68. The Bertz CT molecular complexity index is 313. The maximum absolute atomic E-state index is 11.1. The number of nitrogens with one attached hydrogen (secondary N) is 1. The van der Waals surface area contributed by atoms with Gasteiger partial charge in [-0.25, -0.2) is 0 Å². The number of carbonyl (C=O) groups excluding carboxylic acids is 1. The summed E-state index contributed by atoms with van der Waals surface area (Å²) in [6.07, 6.45) is 5.00. The van der Waals surface area contributed by atoms with E-state index in [1.54, 1.807) is 11.3 Å². The number of ether oxygens (including phenoxy) is 1. The molecule has 3 nitrogen and oxygen atoms in total. The lowest BCUT2D eigenvalue weighted by Gasteiger charge is -2.02. The zero-order valence-electron chi connectivity index (χ0n) is 7.66. The molecule has 0 fully saturated rings. The lowest BCUT2D eigenvalue weighted by atomic mass is 10.5. The van der Waals surface area contributed by atoms with Gasteiger partial charge in [0.1, 0.15) is 6.61 Å². The first-order valence-electron chi connectivity index (χ1n) is 4.15. The van der Waals surface area contributed by atoms with Crippen molar-refractivity contribution in [1.29, 1.82) is 0 Å². The van der Waals surface area contributed by atoms with E-state index in [-0.39, 0.29) is 12.5 Å². The number of carbonyl (C=O) groups is 1. The predicted molar refractivity (Wildman–Crippen MR) is 55.8 cm³/mol. The van der Waals surface area contributed by atoms with E-state index in [1.807, 2.05) is 17.5 Å². The molecule has 0 unspecified atom stereocenters. The van der Waals surface area contributed by atoms with Gasteiger partial charge in [-0.15, -0.1) is 17.8 Å². The van der Waals surface area contributed by atoms with Gasteiger partial charge >= 0.3 is 5.97 Å². The lowest BCUT2D eigenvalue weighted by Crippen LogP contribution is -2.24. The molecule has 4 heteroatoms. The van der Waals surface area contributed by atoms with Crippen molar-refractivity contribution in [3.8, 4) is 12.3 Å². The number of terminal acetylenes is 1. The SMILES string of the molecule is C#CCNCC(=O)OCc1cccs1. The molecule has 0 aromatic carbocycles. The molecule has 0 atom stereocenters. The monoisotopic (exact) mass is 209 g/mol. The van der Waals surface area contributed by atoms with Crippen molar-refractivity contribution in [2.45, 2.75) is 6.61 Å². The number of hydrogen-bond donors (Lipinski definition) is 1. The zero-order valence-corrected chi connectivity index (χ0v) is 8.47. The minimum absolute atomic E-state index is 0.162. The highest BCUT2D eigenvalue weighted by Gasteiger charge is 2.02. The van der Waals surface area contributed by atoms with Gasteiger partial charge in [0.05, 0.1) is 13.1 Å². The minimum Gasteiger partial charge on any atom is -0.459 e. The van der Waals surface area contributed by atoms with E-state index < -0.39 is 0 Å². The van der Waals surface area contributed by atoms with Crippen LogP contribution in [0.3, 0.4) is 0 Å². The molecule has 1 rings (SSSR count). The first kappa shape index (κ1) is 10.8. The van der Waals surface area contributed by atoms with Crippen LogP contribution in [0.5, 0.6) is 0 Å². The van der Waals surface area contributed by atoms with E-state index >= 15 is 0 Å². The Morgan fingerprint density at radius 3 is 3.21 bits per heavy atom. The van der Waals surface area contributed by atoms with E-state index in [0.29, 0.717) is 13.2 Å². The van der Waals surface area contributed by atoms with Crippen LogP contribution in [0, 0.1) is 12.3 Å². The summed E-state index contributed by atoms with van der Waals surface area (Å²) in [6.45, 7) is 0.887. The molecule has 0 bridgehead atoms. The molecule has 0 radical (unpaired) electrons. The largest absolute Gasteiger partial charge is 0.459 e. The van der Waals surface area contributed by atoms with Crippen molar-refractivity contribution in [3.63, 3.8) is 0 Å². The third kappa shape index (κ3) is 4.08. The fourth-order valence-corrected chi connectivity index (χ4v) is 1.45. The molecular formula is C10H11NO2S. The van der Waals surface area contributed by atoms with Crippen molar-refractivity contribution in [3.05, 3.63) is 22.4 Å². The molecular weight excluding hydrogens is 198 g/mol. The lowest BCUT2D eigenvalue weighted by molar-refractivity contribution is -0.143. The highest BCUT2D eigenvalue weighted by molar-refractivity contribution is 7.09. The van der Waals surface area contributed by atoms with Crippen LogP contribution >= 0.6 is 11.3 Å². The molecule has 0 aliphatic rings. The van der Waals surface area contributed by atoms with Crippen LogP contribution in [-0.4, -0.2) is 19.1 Å². The Labute approximate surface area is 87.1 Å². The van der Waals surface area contributed by atoms with Crippen LogP contribution in [0.25, 0.3) is 0 Å². The normalized spacial score (nSPS) is 9.36. The second-order valence-electron chi connectivity index (χ2n) is 2.55. The molecule has 0 aliphatic heterocycles. The van der Waals surface area contributed by atoms with Crippen LogP contribution in [0.15, 0.2) is 17.5 Å². The Kier molecular flexibility index (Phi) is 4.76. The quantitative estimate of drug-likeness (QED) is 0.447. The number of rotatable bonds is 5. The fourth-order valence-electron chi connectivity index (χ4n) is 0.834. The minimum atomic E-state index is -0.284. The van der Waals surface area contributed by atoms with E-state index in [1.165, 1.54) is 0 Å². The molecule has 1 aromatic heterocycles. The van der Waals surface area contributed by atoms with Crippen LogP contribution in [0.2, 0.25) is 0 Å². The molecule has 0 saturated carbocycles. The number of hydrogen-bond acceptors (Lipinski definition) is 4. The molecule has 0 amide bonds. The topological polar surface area (TPSA) is 38.3 Å². The molecule has 0 saturated heterocycles. The van der Waals surface area contributed by atoms with Gasteiger partial charge in [0.2, 0.25) is 0 Å². The smallest absolute Gasteiger partial charge is 0.320 e. The first-order valence-corrected chi connectivity index (χ1v) is 5.03. The average molecular weight is 209 g/mol. The van der Waals surface area contributed by atoms with E-state index in [0.717, 1.165) is 4.88 Å². The standard InChI is InChI=1S/C10H11NO2S/c1-2-5-11-7-10(12)13-8-9-4-3-6-14-9/h1,3-4,6,11H,5,7-8H2. The van der Waals surface area contributed by atoms with Crippen LogP contribution in [0.4, 0.5) is 0 Å². The summed E-state index contributed by atoms with van der Waals surface area (Å²) in [7, 11) is 0. The van der Waals surface area contributed by atoms with Crippen molar-refractivity contribution in [1.82, 2.24) is 5.32 Å². The van der Waals surface area contributed by atoms with Gasteiger partial charge < -0.3 is 4.74 Å². The molecule has 0 aliphatic carbocycles. The molecule has 0 spiro atoms. The van der Waals surface area contributed by atoms with E-state index in [4.69, 9.17) is 11.2 Å². The maximum atomic E-state index is 11.1. The zero-order chi connectivity index (χ0) is 10.2. The first-order chi connectivity index (χ1) is 6.83. The third-order valence-electron chi connectivity index (χ3n) is 1.45. The van der Waals surface area contributed by atoms with Crippen molar-refractivity contribution >= 4 is 17.3 Å². The van der Waals surface area contributed by atoms with Crippen LogP contribution in [0.1, 0.15) is 4.88 Å². The fraction of sp³-hybridized carbons (Fsp3) is 0.300. The molecule has 14 heavy (non-hydrogen) atoms. The highest BCUT2D eigenvalue weighted by atomic mass is 32.1. The van der Waals surface area contributed by atoms with Gasteiger partial charge in [-0.1, -0.05) is 12.0 Å².